The maximum Gasteiger partial charge on any atom is 0.121 e. The fraction of sp³-hybridized carbons (Fsp3) is 0.0833. The van der Waals surface area contributed by atoms with Gasteiger partial charge in [-0.1, -0.05) is 0 Å². The number of ether oxygens (including phenoxy) is 1. The number of benzene rings is 1. The van der Waals surface area contributed by atoms with Crippen molar-refractivity contribution >= 4 is 22.7 Å². The van der Waals surface area contributed by atoms with E-state index in [0.29, 0.717) is 5.56 Å². The van der Waals surface area contributed by atoms with Crippen molar-refractivity contribution in [2.24, 2.45) is 0 Å². The molecule has 1 aromatic heterocycles. The van der Waals surface area contributed by atoms with E-state index in [-0.39, 0.29) is 0 Å². The predicted octanol–water partition coefficient (Wildman–Crippen LogP) is 3.37. The second-order valence-corrected chi connectivity index (χ2v) is 3.94. The number of hydrogen-bond donors (Lipinski definition) is 1. The zero-order valence-electron chi connectivity index (χ0n) is 8.73. The summed E-state index contributed by atoms with van der Waals surface area (Å²) in [4.78, 5) is 0. The molecule has 4 heteroatoms. The molecule has 0 fully saturated rings. The van der Waals surface area contributed by atoms with Crippen molar-refractivity contribution in [2.45, 2.75) is 0 Å². The van der Waals surface area contributed by atoms with Crippen molar-refractivity contribution in [2.75, 3.05) is 12.4 Å². The Morgan fingerprint density at radius 3 is 2.88 bits per heavy atom. The molecule has 2 rings (SSSR count). The highest BCUT2D eigenvalue weighted by Crippen LogP contribution is 2.26. The van der Waals surface area contributed by atoms with Gasteiger partial charge in [-0.3, -0.25) is 0 Å². The third-order valence-electron chi connectivity index (χ3n) is 2.15. The first kappa shape index (κ1) is 10.5. The smallest absolute Gasteiger partial charge is 0.121 e. The van der Waals surface area contributed by atoms with Crippen molar-refractivity contribution in [3.05, 3.63) is 40.6 Å². The van der Waals surface area contributed by atoms with Gasteiger partial charge in [0.1, 0.15) is 11.8 Å². The Bertz CT molecular complexity index is 514. The van der Waals surface area contributed by atoms with Crippen molar-refractivity contribution in [3.63, 3.8) is 0 Å². The quantitative estimate of drug-likeness (QED) is 0.879. The van der Waals surface area contributed by atoms with Crippen molar-refractivity contribution in [1.29, 1.82) is 5.26 Å². The SMILES string of the molecule is COc1ccc(C#N)c(Nc2ccsc2)c1. The van der Waals surface area contributed by atoms with E-state index in [0.717, 1.165) is 17.1 Å². The van der Waals surface area contributed by atoms with Crippen LogP contribution in [0.5, 0.6) is 5.75 Å². The van der Waals surface area contributed by atoms with E-state index < -0.39 is 0 Å². The minimum Gasteiger partial charge on any atom is -0.497 e. The summed E-state index contributed by atoms with van der Waals surface area (Å²) in [6, 6.07) is 9.44. The molecule has 0 radical (unpaired) electrons. The van der Waals surface area contributed by atoms with Crippen LogP contribution in [0.4, 0.5) is 11.4 Å². The normalized spacial score (nSPS) is 9.50. The lowest BCUT2D eigenvalue weighted by atomic mass is 10.2. The van der Waals surface area contributed by atoms with Crippen LogP contribution in [0.15, 0.2) is 35.0 Å². The van der Waals surface area contributed by atoms with Gasteiger partial charge in [-0.15, -0.1) is 0 Å². The van der Waals surface area contributed by atoms with Crippen molar-refractivity contribution < 1.29 is 4.74 Å². The summed E-state index contributed by atoms with van der Waals surface area (Å²) in [5, 5.41) is 16.1. The fourth-order valence-corrected chi connectivity index (χ4v) is 1.93. The summed E-state index contributed by atoms with van der Waals surface area (Å²) in [6.07, 6.45) is 0. The van der Waals surface area contributed by atoms with Gasteiger partial charge in [-0.25, -0.2) is 0 Å². The molecule has 16 heavy (non-hydrogen) atoms. The Kier molecular flexibility index (Phi) is 3.08. The Hall–Kier alpha value is -1.99. The third kappa shape index (κ3) is 2.15. The first-order valence-electron chi connectivity index (χ1n) is 4.71. The summed E-state index contributed by atoms with van der Waals surface area (Å²) in [5.74, 6) is 0.733. The monoisotopic (exact) mass is 230 g/mol. The third-order valence-corrected chi connectivity index (χ3v) is 2.83. The van der Waals surface area contributed by atoms with Crippen LogP contribution in [0.25, 0.3) is 0 Å². The molecule has 0 saturated heterocycles. The van der Waals surface area contributed by atoms with E-state index in [2.05, 4.69) is 11.4 Å². The first-order chi connectivity index (χ1) is 7.83. The predicted molar refractivity (Wildman–Crippen MR) is 65.3 cm³/mol. The molecule has 2 aromatic rings. The Morgan fingerprint density at radius 1 is 1.38 bits per heavy atom. The number of nitrogens with one attached hydrogen (secondary N) is 1. The van der Waals surface area contributed by atoms with E-state index in [1.165, 1.54) is 0 Å². The molecular formula is C12H10N2OS. The number of nitrogens with zero attached hydrogens (tertiary/aromatic N) is 1. The van der Waals surface area contributed by atoms with Crippen LogP contribution in [-0.4, -0.2) is 7.11 Å². The number of rotatable bonds is 3. The number of anilines is 2. The van der Waals surface area contributed by atoms with Crippen LogP contribution in [0.1, 0.15) is 5.56 Å². The molecule has 0 saturated carbocycles. The number of nitriles is 1. The van der Waals surface area contributed by atoms with Gasteiger partial charge in [-0.05, 0) is 23.6 Å². The highest BCUT2D eigenvalue weighted by molar-refractivity contribution is 7.08. The zero-order valence-corrected chi connectivity index (χ0v) is 9.54. The molecule has 1 aromatic carbocycles. The maximum absolute atomic E-state index is 8.98. The molecule has 1 N–H and O–H groups in total. The topological polar surface area (TPSA) is 45.0 Å². The minimum absolute atomic E-state index is 0.604. The summed E-state index contributed by atoms with van der Waals surface area (Å²) in [6.45, 7) is 0. The lowest BCUT2D eigenvalue weighted by molar-refractivity contribution is 0.415. The molecule has 0 unspecified atom stereocenters. The average molecular weight is 230 g/mol. The van der Waals surface area contributed by atoms with Gasteiger partial charge in [0.15, 0.2) is 0 Å². The number of hydrogen-bond acceptors (Lipinski definition) is 4. The van der Waals surface area contributed by atoms with Gasteiger partial charge in [0.2, 0.25) is 0 Å². The number of methoxy groups -OCH3 is 1. The van der Waals surface area contributed by atoms with Gasteiger partial charge < -0.3 is 10.1 Å². The highest BCUT2D eigenvalue weighted by atomic mass is 32.1. The van der Waals surface area contributed by atoms with Crippen LogP contribution >= 0.6 is 11.3 Å². The molecule has 0 aliphatic rings. The molecule has 1 heterocycles. The standard InChI is InChI=1S/C12H10N2OS/c1-15-11-3-2-9(7-13)12(6-11)14-10-4-5-16-8-10/h2-6,8,14H,1H3. The molecule has 0 spiro atoms. The fourth-order valence-electron chi connectivity index (χ4n) is 1.34. The molecule has 0 aliphatic carbocycles. The van der Waals surface area contributed by atoms with Crippen LogP contribution in [-0.2, 0) is 0 Å². The summed E-state index contributed by atoms with van der Waals surface area (Å²) in [7, 11) is 1.61. The van der Waals surface area contributed by atoms with Crippen molar-refractivity contribution in [3.8, 4) is 11.8 Å². The molecule has 80 valence electrons. The van der Waals surface area contributed by atoms with Gasteiger partial charge in [-0.2, -0.15) is 16.6 Å². The summed E-state index contributed by atoms with van der Waals surface area (Å²) >= 11 is 1.61. The first-order valence-corrected chi connectivity index (χ1v) is 5.65. The minimum atomic E-state index is 0.604. The van der Waals surface area contributed by atoms with E-state index in [4.69, 9.17) is 10.00 Å². The number of thiophene rings is 1. The van der Waals surface area contributed by atoms with Crippen molar-refractivity contribution in [1.82, 2.24) is 0 Å². The van der Waals surface area contributed by atoms with Crippen LogP contribution in [0.3, 0.4) is 0 Å². The summed E-state index contributed by atoms with van der Waals surface area (Å²) in [5.41, 5.74) is 2.35. The lowest BCUT2D eigenvalue weighted by Gasteiger charge is -2.08. The Labute approximate surface area is 97.9 Å². The molecule has 0 amide bonds. The van der Waals surface area contributed by atoms with Gasteiger partial charge in [0, 0.05) is 17.1 Å². The van der Waals surface area contributed by atoms with Gasteiger partial charge in [0.25, 0.3) is 0 Å². The van der Waals surface area contributed by atoms with Gasteiger partial charge in [0.05, 0.1) is 18.4 Å². The lowest BCUT2D eigenvalue weighted by Crippen LogP contribution is -1.93. The molecule has 0 bridgehead atoms. The second kappa shape index (κ2) is 4.69. The molecular weight excluding hydrogens is 220 g/mol. The summed E-state index contributed by atoms with van der Waals surface area (Å²) < 4.78 is 5.13. The highest BCUT2D eigenvalue weighted by Gasteiger charge is 2.04. The van der Waals surface area contributed by atoms with E-state index in [1.54, 1.807) is 30.6 Å². The van der Waals surface area contributed by atoms with Gasteiger partial charge >= 0.3 is 0 Å². The molecule has 0 aliphatic heterocycles. The largest absolute Gasteiger partial charge is 0.497 e. The van der Waals surface area contributed by atoms with E-state index in [9.17, 15) is 0 Å². The molecule has 3 nitrogen and oxygen atoms in total. The Balaban J connectivity index is 2.34. The average Bonchev–Trinajstić information content (AvgIpc) is 2.82. The Morgan fingerprint density at radius 2 is 2.25 bits per heavy atom. The van der Waals surface area contributed by atoms with Crippen LogP contribution < -0.4 is 10.1 Å². The van der Waals surface area contributed by atoms with E-state index >= 15 is 0 Å². The maximum atomic E-state index is 8.98. The van der Waals surface area contributed by atoms with E-state index in [1.807, 2.05) is 22.9 Å². The zero-order chi connectivity index (χ0) is 11.4. The van der Waals surface area contributed by atoms with Crippen LogP contribution in [0, 0.1) is 11.3 Å². The van der Waals surface area contributed by atoms with Crippen LogP contribution in [0.2, 0.25) is 0 Å². The second-order valence-electron chi connectivity index (χ2n) is 3.16. The molecule has 0 atom stereocenters.